The predicted molar refractivity (Wildman–Crippen MR) is 107 cm³/mol. The molecule has 2 amide bonds. The number of hydrogen-bond donors (Lipinski definition) is 1. The van der Waals surface area contributed by atoms with Gasteiger partial charge < -0.3 is 10.2 Å². The first-order valence-electron chi connectivity index (χ1n) is 9.68. The van der Waals surface area contributed by atoms with E-state index in [1.165, 1.54) is 16.7 Å². The summed E-state index contributed by atoms with van der Waals surface area (Å²) in [6.07, 6.45) is 2.50. The third-order valence-electron chi connectivity index (χ3n) is 5.20. The highest BCUT2D eigenvalue weighted by Gasteiger charge is 2.32. The Balaban J connectivity index is 1.49. The molecule has 1 aliphatic heterocycles. The molecule has 1 fully saturated rings. The van der Waals surface area contributed by atoms with Crippen LogP contribution >= 0.6 is 0 Å². The van der Waals surface area contributed by atoms with E-state index in [-0.39, 0.29) is 17.9 Å². The lowest BCUT2D eigenvalue weighted by molar-refractivity contribution is -0.130. The van der Waals surface area contributed by atoms with Crippen LogP contribution in [-0.2, 0) is 22.6 Å². The minimum Gasteiger partial charge on any atom is -0.356 e. The molecule has 4 nitrogen and oxygen atoms in total. The first kappa shape index (κ1) is 19.2. The molecule has 0 spiro atoms. The third-order valence-corrected chi connectivity index (χ3v) is 5.20. The number of likely N-dealkylation sites (tertiary alicyclic amines) is 1. The fraction of sp³-hybridized carbons (Fsp3) is 0.391. The van der Waals surface area contributed by atoms with E-state index >= 15 is 0 Å². The molecule has 1 heterocycles. The standard InChI is InChI=1S/C23H28N2O2/c1-17-3-7-19(8-4-17)13-14-24-22(26)15-21-11-12-23(27)25(21)16-20-9-5-18(2)6-10-20/h3-10,21H,11-16H2,1-2H3,(H,24,26). The van der Waals surface area contributed by atoms with Gasteiger partial charge in [-0.1, -0.05) is 59.7 Å². The summed E-state index contributed by atoms with van der Waals surface area (Å²) in [6.45, 7) is 5.33. The molecule has 1 unspecified atom stereocenters. The molecule has 2 aromatic rings. The van der Waals surface area contributed by atoms with Crippen molar-refractivity contribution in [3.8, 4) is 0 Å². The summed E-state index contributed by atoms with van der Waals surface area (Å²) < 4.78 is 0. The molecule has 1 aliphatic rings. The molecule has 27 heavy (non-hydrogen) atoms. The molecule has 0 saturated carbocycles. The lowest BCUT2D eigenvalue weighted by Crippen LogP contribution is -2.37. The van der Waals surface area contributed by atoms with Crippen molar-refractivity contribution in [3.05, 3.63) is 70.8 Å². The van der Waals surface area contributed by atoms with Crippen molar-refractivity contribution >= 4 is 11.8 Å². The zero-order valence-corrected chi connectivity index (χ0v) is 16.2. The summed E-state index contributed by atoms with van der Waals surface area (Å²) in [7, 11) is 0. The van der Waals surface area contributed by atoms with Gasteiger partial charge in [-0.15, -0.1) is 0 Å². The second-order valence-corrected chi connectivity index (χ2v) is 7.49. The number of rotatable bonds is 7. The van der Waals surface area contributed by atoms with Crippen LogP contribution in [0.4, 0.5) is 0 Å². The van der Waals surface area contributed by atoms with Crippen LogP contribution in [0.15, 0.2) is 48.5 Å². The molecule has 0 aromatic heterocycles. The lowest BCUT2D eigenvalue weighted by Gasteiger charge is -2.24. The van der Waals surface area contributed by atoms with Gasteiger partial charge in [0.2, 0.25) is 11.8 Å². The van der Waals surface area contributed by atoms with Gasteiger partial charge in [-0.2, -0.15) is 0 Å². The highest BCUT2D eigenvalue weighted by Crippen LogP contribution is 2.24. The Kier molecular flexibility index (Phi) is 6.28. The normalized spacial score (nSPS) is 16.6. The van der Waals surface area contributed by atoms with Crippen molar-refractivity contribution < 1.29 is 9.59 Å². The lowest BCUT2D eigenvalue weighted by atomic mass is 10.1. The van der Waals surface area contributed by atoms with Crippen LogP contribution in [0.2, 0.25) is 0 Å². The summed E-state index contributed by atoms with van der Waals surface area (Å²) in [5, 5.41) is 3.00. The molecular formula is C23H28N2O2. The van der Waals surface area contributed by atoms with Gasteiger partial charge in [0, 0.05) is 32.0 Å². The first-order valence-corrected chi connectivity index (χ1v) is 9.68. The van der Waals surface area contributed by atoms with Gasteiger partial charge in [-0.3, -0.25) is 9.59 Å². The average Bonchev–Trinajstić information content (AvgIpc) is 2.98. The maximum absolute atomic E-state index is 12.3. The maximum atomic E-state index is 12.3. The van der Waals surface area contributed by atoms with Crippen molar-refractivity contribution in [1.82, 2.24) is 10.2 Å². The van der Waals surface area contributed by atoms with E-state index in [0.717, 1.165) is 18.4 Å². The topological polar surface area (TPSA) is 49.4 Å². The molecule has 1 saturated heterocycles. The van der Waals surface area contributed by atoms with Gasteiger partial charge in [0.25, 0.3) is 0 Å². The van der Waals surface area contributed by atoms with E-state index in [1.807, 2.05) is 4.90 Å². The van der Waals surface area contributed by atoms with Gasteiger partial charge >= 0.3 is 0 Å². The Morgan fingerprint density at radius 2 is 1.59 bits per heavy atom. The van der Waals surface area contributed by atoms with E-state index in [0.29, 0.717) is 25.9 Å². The Morgan fingerprint density at radius 3 is 2.22 bits per heavy atom. The molecule has 2 aromatic carbocycles. The summed E-state index contributed by atoms with van der Waals surface area (Å²) in [4.78, 5) is 26.5. The Morgan fingerprint density at radius 1 is 1.00 bits per heavy atom. The minimum atomic E-state index is -0.00169. The van der Waals surface area contributed by atoms with Crippen LogP contribution in [0.5, 0.6) is 0 Å². The molecule has 3 rings (SSSR count). The molecule has 0 radical (unpaired) electrons. The van der Waals surface area contributed by atoms with Crippen LogP contribution in [0.25, 0.3) is 0 Å². The van der Waals surface area contributed by atoms with Crippen LogP contribution < -0.4 is 5.32 Å². The number of nitrogens with zero attached hydrogens (tertiary/aromatic N) is 1. The zero-order valence-electron chi connectivity index (χ0n) is 16.2. The largest absolute Gasteiger partial charge is 0.356 e. The van der Waals surface area contributed by atoms with E-state index in [4.69, 9.17) is 0 Å². The number of carbonyl (C=O) groups is 2. The average molecular weight is 364 g/mol. The molecular weight excluding hydrogens is 336 g/mol. The van der Waals surface area contributed by atoms with E-state index in [2.05, 4.69) is 67.7 Å². The van der Waals surface area contributed by atoms with Gasteiger partial charge in [0.15, 0.2) is 0 Å². The third kappa shape index (κ3) is 5.43. The Labute approximate surface area is 161 Å². The highest BCUT2D eigenvalue weighted by molar-refractivity contribution is 5.82. The Hall–Kier alpha value is -2.62. The monoisotopic (exact) mass is 364 g/mol. The van der Waals surface area contributed by atoms with E-state index < -0.39 is 0 Å². The maximum Gasteiger partial charge on any atom is 0.223 e. The quantitative estimate of drug-likeness (QED) is 0.817. The number of benzene rings is 2. The van der Waals surface area contributed by atoms with E-state index in [1.54, 1.807) is 0 Å². The summed E-state index contributed by atoms with van der Waals surface area (Å²) in [6, 6.07) is 16.6. The van der Waals surface area contributed by atoms with Crippen molar-refractivity contribution in [3.63, 3.8) is 0 Å². The number of hydrogen-bond acceptors (Lipinski definition) is 2. The first-order chi connectivity index (χ1) is 13.0. The summed E-state index contributed by atoms with van der Waals surface area (Å²) >= 11 is 0. The fourth-order valence-corrected chi connectivity index (χ4v) is 3.50. The molecule has 0 aliphatic carbocycles. The second kappa shape index (κ2) is 8.85. The second-order valence-electron chi connectivity index (χ2n) is 7.49. The molecule has 0 bridgehead atoms. The van der Waals surface area contributed by atoms with Crippen molar-refractivity contribution in [2.75, 3.05) is 6.54 Å². The van der Waals surface area contributed by atoms with Gasteiger partial charge in [-0.05, 0) is 37.8 Å². The van der Waals surface area contributed by atoms with Crippen molar-refractivity contribution in [2.24, 2.45) is 0 Å². The van der Waals surface area contributed by atoms with Crippen LogP contribution in [0, 0.1) is 13.8 Å². The summed E-state index contributed by atoms with van der Waals surface area (Å²) in [5.41, 5.74) is 4.77. The predicted octanol–water partition coefficient (Wildman–Crippen LogP) is 3.54. The van der Waals surface area contributed by atoms with Gasteiger partial charge in [0.1, 0.15) is 0 Å². The number of amides is 2. The van der Waals surface area contributed by atoms with Crippen LogP contribution in [0.3, 0.4) is 0 Å². The van der Waals surface area contributed by atoms with Gasteiger partial charge in [0.05, 0.1) is 0 Å². The number of nitrogens with one attached hydrogen (secondary N) is 1. The van der Waals surface area contributed by atoms with Crippen molar-refractivity contribution in [2.45, 2.75) is 52.1 Å². The smallest absolute Gasteiger partial charge is 0.223 e. The molecule has 1 N–H and O–H groups in total. The van der Waals surface area contributed by atoms with Gasteiger partial charge in [-0.25, -0.2) is 0 Å². The SMILES string of the molecule is Cc1ccc(CCNC(=O)CC2CCC(=O)N2Cc2ccc(C)cc2)cc1. The fourth-order valence-electron chi connectivity index (χ4n) is 3.50. The summed E-state index contributed by atoms with van der Waals surface area (Å²) in [5.74, 6) is 0.170. The van der Waals surface area contributed by atoms with Crippen LogP contribution in [-0.4, -0.2) is 29.3 Å². The molecule has 4 heteroatoms. The molecule has 1 atom stereocenters. The zero-order chi connectivity index (χ0) is 19.2. The molecule has 142 valence electrons. The highest BCUT2D eigenvalue weighted by atomic mass is 16.2. The van der Waals surface area contributed by atoms with Crippen molar-refractivity contribution in [1.29, 1.82) is 0 Å². The Bertz CT molecular complexity index is 781. The number of aryl methyl sites for hydroxylation is 2. The van der Waals surface area contributed by atoms with Crippen LogP contribution in [0.1, 0.15) is 41.5 Å². The minimum absolute atomic E-state index is 0.00169. The number of carbonyl (C=O) groups excluding carboxylic acids is 2. The van der Waals surface area contributed by atoms with E-state index in [9.17, 15) is 9.59 Å².